The second-order valence-corrected chi connectivity index (χ2v) is 5.48. The zero-order valence-corrected chi connectivity index (χ0v) is 12.0. The molecule has 1 unspecified atom stereocenters. The summed E-state index contributed by atoms with van der Waals surface area (Å²) >= 11 is 0. The van der Waals surface area contributed by atoms with E-state index in [0.29, 0.717) is 0 Å². The quantitative estimate of drug-likeness (QED) is 0.902. The molecule has 1 aromatic rings. The van der Waals surface area contributed by atoms with Crippen LogP contribution in [0.4, 0.5) is 0 Å². The first kappa shape index (κ1) is 14.1. The average molecular weight is 260 g/mol. The second-order valence-electron chi connectivity index (χ2n) is 5.48. The minimum Gasteiger partial charge on any atom is -0.341 e. The lowest BCUT2D eigenvalue weighted by Crippen LogP contribution is -2.46. The highest BCUT2D eigenvalue weighted by Gasteiger charge is 2.21. The number of benzene rings is 1. The molecule has 1 N–H and O–H groups in total. The standard InChI is InChI=1S/C16H24N2O/c1-13-7-6-8-15(11-13)12-17-14(2)16(19)18-9-4-3-5-10-18/h6-8,11,14,17H,3-5,9-10,12H2,1-2H3. The Bertz CT molecular complexity index is 425. The zero-order chi connectivity index (χ0) is 13.7. The fraction of sp³-hybridized carbons (Fsp3) is 0.562. The van der Waals surface area contributed by atoms with Crippen LogP contribution < -0.4 is 5.32 Å². The summed E-state index contributed by atoms with van der Waals surface area (Å²) < 4.78 is 0. The summed E-state index contributed by atoms with van der Waals surface area (Å²) in [7, 11) is 0. The number of aryl methyl sites for hydroxylation is 1. The van der Waals surface area contributed by atoms with Gasteiger partial charge in [0, 0.05) is 19.6 Å². The van der Waals surface area contributed by atoms with Crippen LogP contribution in [0.5, 0.6) is 0 Å². The molecular formula is C16H24N2O. The summed E-state index contributed by atoms with van der Waals surface area (Å²) in [5, 5.41) is 3.33. The number of rotatable bonds is 4. The number of likely N-dealkylation sites (tertiary alicyclic amines) is 1. The first-order valence-electron chi connectivity index (χ1n) is 7.24. The normalized spacial score (nSPS) is 17.3. The molecule has 3 heteroatoms. The third-order valence-corrected chi connectivity index (χ3v) is 3.73. The van der Waals surface area contributed by atoms with Gasteiger partial charge < -0.3 is 10.2 Å². The Morgan fingerprint density at radius 3 is 2.74 bits per heavy atom. The van der Waals surface area contributed by atoms with Crippen LogP contribution in [-0.2, 0) is 11.3 Å². The number of nitrogens with zero attached hydrogens (tertiary/aromatic N) is 1. The van der Waals surface area contributed by atoms with Crippen molar-refractivity contribution < 1.29 is 4.79 Å². The Morgan fingerprint density at radius 1 is 1.32 bits per heavy atom. The predicted molar refractivity (Wildman–Crippen MR) is 77.9 cm³/mol. The summed E-state index contributed by atoms with van der Waals surface area (Å²) in [5.41, 5.74) is 2.49. The van der Waals surface area contributed by atoms with Crippen molar-refractivity contribution in [3.8, 4) is 0 Å². The van der Waals surface area contributed by atoms with Crippen molar-refractivity contribution in [1.29, 1.82) is 0 Å². The zero-order valence-electron chi connectivity index (χ0n) is 12.0. The molecule has 1 fully saturated rings. The van der Waals surface area contributed by atoms with Crippen molar-refractivity contribution in [3.63, 3.8) is 0 Å². The van der Waals surface area contributed by atoms with E-state index in [-0.39, 0.29) is 11.9 Å². The third-order valence-electron chi connectivity index (χ3n) is 3.73. The van der Waals surface area contributed by atoms with Crippen molar-refractivity contribution in [2.45, 2.75) is 45.7 Å². The van der Waals surface area contributed by atoms with Gasteiger partial charge in [0.25, 0.3) is 0 Å². The van der Waals surface area contributed by atoms with E-state index in [4.69, 9.17) is 0 Å². The van der Waals surface area contributed by atoms with Gasteiger partial charge in [-0.15, -0.1) is 0 Å². The predicted octanol–water partition coefficient (Wildman–Crippen LogP) is 2.49. The Kier molecular flexibility index (Phi) is 4.97. The molecule has 1 aromatic carbocycles. The molecule has 1 saturated heterocycles. The SMILES string of the molecule is Cc1cccc(CNC(C)C(=O)N2CCCCC2)c1. The highest BCUT2D eigenvalue weighted by molar-refractivity contribution is 5.81. The number of carbonyl (C=O) groups excluding carboxylic acids is 1. The van der Waals surface area contributed by atoms with Gasteiger partial charge in [0.1, 0.15) is 0 Å². The fourth-order valence-corrected chi connectivity index (χ4v) is 2.57. The lowest BCUT2D eigenvalue weighted by molar-refractivity contribution is -0.133. The van der Waals surface area contributed by atoms with Crippen LogP contribution in [0.1, 0.15) is 37.3 Å². The lowest BCUT2D eigenvalue weighted by atomic mass is 10.1. The van der Waals surface area contributed by atoms with Crippen molar-refractivity contribution >= 4 is 5.91 Å². The highest BCUT2D eigenvalue weighted by Crippen LogP contribution is 2.10. The molecule has 0 aromatic heterocycles. The van der Waals surface area contributed by atoms with Gasteiger partial charge in [0.05, 0.1) is 6.04 Å². The van der Waals surface area contributed by atoms with Crippen LogP contribution in [0.15, 0.2) is 24.3 Å². The first-order valence-corrected chi connectivity index (χ1v) is 7.24. The van der Waals surface area contributed by atoms with E-state index in [2.05, 4.69) is 36.5 Å². The molecule has 0 aliphatic carbocycles. The van der Waals surface area contributed by atoms with E-state index >= 15 is 0 Å². The van der Waals surface area contributed by atoms with E-state index in [9.17, 15) is 4.79 Å². The molecular weight excluding hydrogens is 236 g/mol. The average Bonchev–Trinajstić information content (AvgIpc) is 2.45. The largest absolute Gasteiger partial charge is 0.341 e. The van der Waals surface area contributed by atoms with Gasteiger partial charge in [-0.3, -0.25) is 4.79 Å². The minimum atomic E-state index is -0.0985. The molecule has 0 bridgehead atoms. The van der Waals surface area contributed by atoms with Crippen LogP contribution >= 0.6 is 0 Å². The number of hydrogen-bond acceptors (Lipinski definition) is 2. The third kappa shape index (κ3) is 4.06. The van der Waals surface area contributed by atoms with Crippen molar-refractivity contribution in [2.75, 3.05) is 13.1 Å². The van der Waals surface area contributed by atoms with Crippen LogP contribution in [0, 0.1) is 6.92 Å². The summed E-state index contributed by atoms with van der Waals surface area (Å²) in [4.78, 5) is 14.2. The second kappa shape index (κ2) is 6.71. The molecule has 1 aliphatic heterocycles. The van der Waals surface area contributed by atoms with Crippen LogP contribution in [-0.4, -0.2) is 29.9 Å². The summed E-state index contributed by atoms with van der Waals surface area (Å²) in [6.07, 6.45) is 3.56. The molecule has 1 atom stereocenters. The van der Waals surface area contributed by atoms with E-state index in [1.54, 1.807) is 0 Å². The fourth-order valence-electron chi connectivity index (χ4n) is 2.57. The maximum atomic E-state index is 12.2. The summed E-state index contributed by atoms with van der Waals surface area (Å²) in [6.45, 7) is 6.66. The first-order chi connectivity index (χ1) is 9.16. The Hall–Kier alpha value is -1.35. The van der Waals surface area contributed by atoms with Gasteiger partial charge in [-0.25, -0.2) is 0 Å². The molecule has 0 saturated carbocycles. The lowest BCUT2D eigenvalue weighted by Gasteiger charge is -2.29. The molecule has 1 aliphatic rings. The van der Waals surface area contributed by atoms with E-state index in [1.807, 2.05) is 11.8 Å². The number of hydrogen-bond donors (Lipinski definition) is 1. The van der Waals surface area contributed by atoms with Crippen molar-refractivity contribution in [1.82, 2.24) is 10.2 Å². The maximum absolute atomic E-state index is 12.2. The number of piperidine rings is 1. The van der Waals surface area contributed by atoms with Gasteiger partial charge in [-0.2, -0.15) is 0 Å². The molecule has 1 amide bonds. The van der Waals surface area contributed by atoms with Gasteiger partial charge in [0.2, 0.25) is 5.91 Å². The van der Waals surface area contributed by atoms with Gasteiger partial charge in [-0.05, 0) is 38.7 Å². The molecule has 1 heterocycles. The van der Waals surface area contributed by atoms with E-state index in [1.165, 1.54) is 17.5 Å². The number of nitrogens with one attached hydrogen (secondary N) is 1. The van der Waals surface area contributed by atoms with Gasteiger partial charge in [-0.1, -0.05) is 29.8 Å². The molecule has 0 spiro atoms. The molecule has 3 nitrogen and oxygen atoms in total. The van der Waals surface area contributed by atoms with Crippen molar-refractivity contribution in [2.24, 2.45) is 0 Å². The summed E-state index contributed by atoms with van der Waals surface area (Å²) in [5.74, 6) is 0.243. The number of carbonyl (C=O) groups is 1. The topological polar surface area (TPSA) is 32.3 Å². The minimum absolute atomic E-state index is 0.0985. The van der Waals surface area contributed by atoms with Crippen molar-refractivity contribution in [3.05, 3.63) is 35.4 Å². The molecule has 19 heavy (non-hydrogen) atoms. The summed E-state index contributed by atoms with van der Waals surface area (Å²) in [6, 6.07) is 8.30. The van der Waals surface area contributed by atoms with E-state index < -0.39 is 0 Å². The molecule has 104 valence electrons. The highest BCUT2D eigenvalue weighted by atomic mass is 16.2. The van der Waals surface area contributed by atoms with Crippen LogP contribution in [0.3, 0.4) is 0 Å². The van der Waals surface area contributed by atoms with E-state index in [0.717, 1.165) is 32.5 Å². The monoisotopic (exact) mass is 260 g/mol. The molecule has 2 rings (SSSR count). The maximum Gasteiger partial charge on any atom is 0.239 e. The van der Waals surface area contributed by atoms with Gasteiger partial charge >= 0.3 is 0 Å². The smallest absolute Gasteiger partial charge is 0.239 e. The van der Waals surface area contributed by atoms with Crippen LogP contribution in [0.25, 0.3) is 0 Å². The Labute approximate surface area is 116 Å². The van der Waals surface area contributed by atoms with Crippen LogP contribution in [0.2, 0.25) is 0 Å². The Morgan fingerprint density at radius 2 is 2.05 bits per heavy atom. The number of amides is 1. The van der Waals surface area contributed by atoms with Gasteiger partial charge in [0.15, 0.2) is 0 Å². The molecule has 0 radical (unpaired) electrons. The Balaban J connectivity index is 1.83.